The molecule has 1 N–H and O–H groups in total. The highest BCUT2D eigenvalue weighted by molar-refractivity contribution is 6.31. The van der Waals surface area contributed by atoms with E-state index in [1.807, 2.05) is 67.6 Å². The molecule has 0 spiro atoms. The number of halogens is 1. The van der Waals surface area contributed by atoms with Gasteiger partial charge >= 0.3 is 0 Å². The minimum Gasteiger partial charge on any atom is -0.496 e. The number of hydrogen-bond acceptors (Lipinski definition) is 4. The van der Waals surface area contributed by atoms with E-state index in [1.165, 1.54) is 0 Å². The number of ether oxygens (including phenoxy) is 3. The number of methoxy groups -OCH3 is 1. The molecule has 0 aliphatic heterocycles. The van der Waals surface area contributed by atoms with Crippen molar-refractivity contribution in [1.29, 1.82) is 0 Å². The Balaban J connectivity index is 1.51. The zero-order valence-electron chi connectivity index (χ0n) is 18.9. The van der Waals surface area contributed by atoms with Gasteiger partial charge in [0.15, 0.2) is 5.75 Å². The Bertz CT molecular complexity index is 1290. The summed E-state index contributed by atoms with van der Waals surface area (Å²) in [4.78, 5) is 13.1. The highest BCUT2D eigenvalue weighted by atomic mass is 35.5. The van der Waals surface area contributed by atoms with E-state index in [2.05, 4.69) is 5.32 Å². The van der Waals surface area contributed by atoms with Crippen LogP contribution in [-0.4, -0.2) is 13.0 Å². The van der Waals surface area contributed by atoms with Gasteiger partial charge < -0.3 is 19.5 Å². The molecule has 172 valence electrons. The van der Waals surface area contributed by atoms with Crippen LogP contribution in [0.2, 0.25) is 5.02 Å². The molecular formula is C28H24ClNO4. The van der Waals surface area contributed by atoms with Crippen LogP contribution in [0.5, 0.6) is 23.0 Å². The van der Waals surface area contributed by atoms with E-state index in [-0.39, 0.29) is 12.5 Å². The largest absolute Gasteiger partial charge is 0.496 e. The van der Waals surface area contributed by atoms with E-state index in [9.17, 15) is 4.79 Å². The summed E-state index contributed by atoms with van der Waals surface area (Å²) in [5, 5.41) is 3.62. The highest BCUT2D eigenvalue weighted by Crippen LogP contribution is 2.30. The maximum Gasteiger partial charge on any atom is 0.255 e. The molecule has 4 rings (SSSR count). The van der Waals surface area contributed by atoms with E-state index in [1.54, 1.807) is 37.4 Å². The van der Waals surface area contributed by atoms with Crippen LogP contribution in [0.25, 0.3) is 0 Å². The van der Waals surface area contributed by atoms with Crippen molar-refractivity contribution in [3.63, 3.8) is 0 Å². The number of carbonyl (C=O) groups excluding carboxylic acids is 1. The number of aryl methyl sites for hydroxylation is 1. The van der Waals surface area contributed by atoms with Crippen molar-refractivity contribution in [2.45, 2.75) is 13.5 Å². The van der Waals surface area contributed by atoms with Crippen LogP contribution in [0.1, 0.15) is 21.5 Å². The SMILES string of the molecule is COc1ccc(C(=O)Nc2ccccc2Oc2ccccc2)cc1COc1ccc(Cl)c(C)c1. The molecule has 0 aromatic heterocycles. The second-order valence-electron chi connectivity index (χ2n) is 7.59. The van der Waals surface area contributed by atoms with Crippen molar-refractivity contribution < 1.29 is 19.0 Å². The van der Waals surface area contributed by atoms with Gasteiger partial charge in [-0.1, -0.05) is 41.9 Å². The van der Waals surface area contributed by atoms with Crippen LogP contribution in [0.3, 0.4) is 0 Å². The summed E-state index contributed by atoms with van der Waals surface area (Å²) in [6.45, 7) is 2.15. The monoisotopic (exact) mass is 473 g/mol. The summed E-state index contributed by atoms with van der Waals surface area (Å²) in [6.07, 6.45) is 0. The van der Waals surface area contributed by atoms with Gasteiger partial charge in [-0.3, -0.25) is 4.79 Å². The maximum atomic E-state index is 13.1. The van der Waals surface area contributed by atoms with Gasteiger partial charge in [0.25, 0.3) is 5.91 Å². The molecule has 34 heavy (non-hydrogen) atoms. The number of carbonyl (C=O) groups is 1. The molecule has 0 fully saturated rings. The van der Waals surface area contributed by atoms with Crippen LogP contribution in [-0.2, 0) is 6.61 Å². The molecular weight excluding hydrogens is 450 g/mol. The fourth-order valence-electron chi connectivity index (χ4n) is 3.37. The Kier molecular flexibility index (Phi) is 7.35. The maximum absolute atomic E-state index is 13.1. The predicted molar refractivity (Wildman–Crippen MR) is 134 cm³/mol. The molecule has 1 amide bonds. The third-order valence-corrected chi connectivity index (χ3v) is 5.60. The van der Waals surface area contributed by atoms with Crippen molar-refractivity contribution >= 4 is 23.2 Å². The van der Waals surface area contributed by atoms with Crippen LogP contribution < -0.4 is 19.5 Å². The van der Waals surface area contributed by atoms with Gasteiger partial charge in [-0.15, -0.1) is 0 Å². The molecule has 0 radical (unpaired) electrons. The second-order valence-corrected chi connectivity index (χ2v) is 8.00. The molecule has 0 saturated carbocycles. The molecule has 0 heterocycles. The summed E-state index contributed by atoms with van der Waals surface area (Å²) >= 11 is 6.10. The summed E-state index contributed by atoms with van der Waals surface area (Å²) < 4.78 is 17.3. The molecule has 0 aliphatic carbocycles. The Morgan fingerprint density at radius 2 is 1.62 bits per heavy atom. The average Bonchev–Trinajstić information content (AvgIpc) is 2.86. The Labute approximate surface area is 203 Å². The number of anilines is 1. The van der Waals surface area contributed by atoms with Gasteiger partial charge in [-0.2, -0.15) is 0 Å². The van der Waals surface area contributed by atoms with Crippen molar-refractivity contribution in [1.82, 2.24) is 0 Å². The van der Waals surface area contributed by atoms with Crippen LogP contribution in [0, 0.1) is 6.92 Å². The summed E-state index contributed by atoms with van der Waals surface area (Å²) in [5.41, 5.74) is 2.72. The Morgan fingerprint density at radius 1 is 0.853 bits per heavy atom. The van der Waals surface area contributed by atoms with Crippen molar-refractivity contribution in [2.75, 3.05) is 12.4 Å². The molecule has 0 unspecified atom stereocenters. The number of nitrogens with one attached hydrogen (secondary N) is 1. The van der Waals surface area contributed by atoms with Crippen molar-refractivity contribution in [3.8, 4) is 23.0 Å². The smallest absolute Gasteiger partial charge is 0.255 e. The molecule has 5 nitrogen and oxygen atoms in total. The Morgan fingerprint density at radius 3 is 2.38 bits per heavy atom. The number of benzene rings is 4. The van der Waals surface area contributed by atoms with E-state index < -0.39 is 0 Å². The fraction of sp³-hybridized carbons (Fsp3) is 0.107. The minimum absolute atomic E-state index is 0.235. The molecule has 4 aromatic carbocycles. The van der Waals surface area contributed by atoms with Gasteiger partial charge in [-0.05, 0) is 73.2 Å². The van der Waals surface area contributed by atoms with Gasteiger partial charge in [0.2, 0.25) is 0 Å². The van der Waals surface area contributed by atoms with Gasteiger partial charge in [0.05, 0.1) is 12.8 Å². The predicted octanol–water partition coefficient (Wildman–Crippen LogP) is 7.28. The lowest BCUT2D eigenvalue weighted by Crippen LogP contribution is -2.13. The quantitative estimate of drug-likeness (QED) is 0.292. The molecule has 0 bridgehead atoms. The third kappa shape index (κ3) is 5.69. The van der Waals surface area contributed by atoms with Crippen molar-refractivity contribution in [3.05, 3.63) is 113 Å². The van der Waals surface area contributed by atoms with Crippen LogP contribution in [0.15, 0.2) is 91.0 Å². The van der Waals surface area contributed by atoms with Crippen molar-refractivity contribution in [2.24, 2.45) is 0 Å². The number of para-hydroxylation sites is 3. The van der Waals surface area contributed by atoms with E-state index in [0.717, 1.165) is 11.1 Å². The van der Waals surface area contributed by atoms with E-state index in [4.69, 9.17) is 25.8 Å². The van der Waals surface area contributed by atoms with Gasteiger partial charge in [0, 0.05) is 16.1 Å². The zero-order valence-corrected chi connectivity index (χ0v) is 19.6. The Hall–Kier alpha value is -3.96. The standard InChI is InChI=1S/C28H24ClNO4/c1-19-16-23(13-14-24(19)29)33-18-21-17-20(12-15-26(21)32-2)28(31)30-25-10-6-7-11-27(25)34-22-8-4-3-5-9-22/h3-17H,18H2,1-2H3,(H,30,31). The fourth-order valence-corrected chi connectivity index (χ4v) is 3.49. The van der Waals surface area contributed by atoms with E-state index >= 15 is 0 Å². The third-order valence-electron chi connectivity index (χ3n) is 5.17. The zero-order chi connectivity index (χ0) is 23.9. The summed E-state index contributed by atoms with van der Waals surface area (Å²) in [7, 11) is 1.59. The number of hydrogen-bond donors (Lipinski definition) is 1. The molecule has 4 aromatic rings. The summed E-state index contributed by atoms with van der Waals surface area (Å²) in [5.74, 6) is 2.29. The molecule has 0 atom stereocenters. The number of rotatable bonds is 8. The van der Waals surface area contributed by atoms with Crippen LogP contribution >= 0.6 is 11.6 Å². The molecule has 6 heteroatoms. The summed E-state index contributed by atoms with van der Waals surface area (Å²) in [6, 6.07) is 27.4. The number of amides is 1. The van der Waals surface area contributed by atoms with Crippen LogP contribution in [0.4, 0.5) is 5.69 Å². The minimum atomic E-state index is -0.268. The van der Waals surface area contributed by atoms with E-state index in [0.29, 0.717) is 39.3 Å². The normalized spacial score (nSPS) is 10.4. The lowest BCUT2D eigenvalue weighted by molar-refractivity contribution is 0.102. The first-order chi connectivity index (χ1) is 16.5. The van der Waals surface area contributed by atoms with Gasteiger partial charge in [-0.25, -0.2) is 0 Å². The average molecular weight is 474 g/mol. The first-order valence-electron chi connectivity index (χ1n) is 10.7. The van der Waals surface area contributed by atoms with Gasteiger partial charge in [0.1, 0.15) is 23.9 Å². The molecule has 0 saturated heterocycles. The lowest BCUT2D eigenvalue weighted by atomic mass is 10.1. The first-order valence-corrected chi connectivity index (χ1v) is 11.1. The highest BCUT2D eigenvalue weighted by Gasteiger charge is 2.14. The second kappa shape index (κ2) is 10.8. The first kappa shape index (κ1) is 23.2. The lowest BCUT2D eigenvalue weighted by Gasteiger charge is -2.14. The topological polar surface area (TPSA) is 56.8 Å². The molecule has 0 aliphatic rings.